The Balaban J connectivity index is 1.51. The van der Waals surface area contributed by atoms with E-state index in [1.54, 1.807) is 16.4 Å². The quantitative estimate of drug-likeness (QED) is 0.780. The molecule has 5 heteroatoms. The van der Waals surface area contributed by atoms with Gasteiger partial charge in [-0.1, -0.05) is 42.5 Å². The molecule has 1 aliphatic heterocycles. The normalized spacial score (nSPS) is 16.8. The molecular weight excluding hydrogens is 337 g/mol. The number of sulfonamides is 1. The summed E-state index contributed by atoms with van der Waals surface area (Å²) in [5.41, 5.74) is 1.84. The molecule has 1 fully saturated rings. The minimum Gasteiger partial charge on any atom is -0.212 e. The number of hydrogen-bond donors (Lipinski definition) is 0. The smallest absolute Gasteiger partial charge is 0.212 e. The molecule has 134 valence electrons. The third kappa shape index (κ3) is 5.13. The summed E-state index contributed by atoms with van der Waals surface area (Å²) in [6.45, 7) is 1.13. The van der Waals surface area contributed by atoms with Crippen LogP contribution in [0.15, 0.2) is 54.6 Å². The highest BCUT2D eigenvalue weighted by atomic mass is 32.2. The molecule has 0 unspecified atom stereocenters. The van der Waals surface area contributed by atoms with Gasteiger partial charge in [0.2, 0.25) is 10.0 Å². The van der Waals surface area contributed by atoms with Gasteiger partial charge in [0.15, 0.2) is 0 Å². The van der Waals surface area contributed by atoms with Crippen molar-refractivity contribution in [2.24, 2.45) is 5.92 Å². The van der Waals surface area contributed by atoms with Crippen LogP contribution in [0.1, 0.15) is 30.4 Å². The Kier molecular flexibility index (Phi) is 5.86. The topological polar surface area (TPSA) is 37.4 Å². The lowest BCUT2D eigenvalue weighted by molar-refractivity contribution is 0.263. The maximum atomic E-state index is 13.3. The second-order valence-electron chi connectivity index (χ2n) is 6.75. The van der Waals surface area contributed by atoms with Crippen molar-refractivity contribution < 1.29 is 12.8 Å². The Hall–Kier alpha value is -1.72. The highest BCUT2D eigenvalue weighted by Gasteiger charge is 2.28. The molecule has 0 saturated carbocycles. The maximum Gasteiger partial charge on any atom is 0.218 e. The summed E-state index contributed by atoms with van der Waals surface area (Å²) in [6, 6.07) is 16.2. The van der Waals surface area contributed by atoms with Crippen LogP contribution in [-0.2, 0) is 22.2 Å². The third-order valence-corrected chi connectivity index (χ3v) is 6.74. The lowest BCUT2D eigenvalue weighted by Crippen LogP contribution is -2.39. The summed E-state index contributed by atoms with van der Waals surface area (Å²) in [4.78, 5) is 0. The minimum atomic E-state index is -3.38. The van der Waals surface area contributed by atoms with Crippen LogP contribution in [0.5, 0.6) is 0 Å². The van der Waals surface area contributed by atoms with Crippen molar-refractivity contribution in [2.45, 2.75) is 31.4 Å². The molecule has 25 heavy (non-hydrogen) atoms. The van der Waals surface area contributed by atoms with Crippen molar-refractivity contribution in [1.82, 2.24) is 4.31 Å². The van der Waals surface area contributed by atoms with Crippen LogP contribution in [-0.4, -0.2) is 25.8 Å². The number of rotatable bonds is 6. The van der Waals surface area contributed by atoms with E-state index >= 15 is 0 Å². The molecule has 0 N–H and O–H groups in total. The van der Waals surface area contributed by atoms with Gasteiger partial charge in [-0.3, -0.25) is 0 Å². The molecule has 0 spiro atoms. The number of halogens is 1. The fourth-order valence-electron chi connectivity index (χ4n) is 3.42. The number of hydrogen-bond acceptors (Lipinski definition) is 2. The molecule has 0 aliphatic carbocycles. The highest BCUT2D eigenvalue weighted by molar-refractivity contribution is 7.88. The highest BCUT2D eigenvalue weighted by Crippen LogP contribution is 2.25. The number of benzene rings is 2. The van der Waals surface area contributed by atoms with E-state index in [-0.39, 0.29) is 5.75 Å². The first-order chi connectivity index (χ1) is 12.0. The van der Waals surface area contributed by atoms with E-state index in [0.717, 1.165) is 25.7 Å². The minimum absolute atomic E-state index is 0.126. The van der Waals surface area contributed by atoms with Crippen molar-refractivity contribution in [3.8, 4) is 0 Å². The van der Waals surface area contributed by atoms with E-state index in [1.165, 1.54) is 17.7 Å². The average Bonchev–Trinajstić information content (AvgIpc) is 2.61. The second-order valence-corrected chi connectivity index (χ2v) is 8.72. The molecule has 3 nitrogen and oxygen atoms in total. The lowest BCUT2D eigenvalue weighted by atomic mass is 9.91. The maximum absolute atomic E-state index is 13.3. The summed E-state index contributed by atoms with van der Waals surface area (Å²) < 4.78 is 39.9. The van der Waals surface area contributed by atoms with Gasteiger partial charge >= 0.3 is 0 Å². The summed E-state index contributed by atoms with van der Waals surface area (Å²) in [7, 11) is -3.38. The average molecular weight is 361 g/mol. The van der Waals surface area contributed by atoms with E-state index in [4.69, 9.17) is 0 Å². The second kappa shape index (κ2) is 8.11. The zero-order valence-corrected chi connectivity index (χ0v) is 15.1. The molecule has 0 amide bonds. The van der Waals surface area contributed by atoms with E-state index in [2.05, 4.69) is 24.3 Å². The van der Waals surface area contributed by atoms with Gasteiger partial charge in [0, 0.05) is 13.1 Å². The molecular formula is C20H24FNO2S. The summed E-state index contributed by atoms with van der Waals surface area (Å²) in [5, 5.41) is 0. The summed E-state index contributed by atoms with van der Waals surface area (Å²) >= 11 is 0. The van der Waals surface area contributed by atoms with Gasteiger partial charge in [0.1, 0.15) is 5.82 Å². The molecule has 2 aromatic carbocycles. The van der Waals surface area contributed by atoms with Crippen LogP contribution in [0.4, 0.5) is 4.39 Å². The summed E-state index contributed by atoms with van der Waals surface area (Å²) in [5.74, 6) is 0.0487. The zero-order chi connectivity index (χ0) is 17.7. The van der Waals surface area contributed by atoms with E-state index < -0.39 is 15.8 Å². The van der Waals surface area contributed by atoms with Gasteiger partial charge in [-0.05, 0) is 54.9 Å². The van der Waals surface area contributed by atoms with Gasteiger partial charge in [-0.2, -0.15) is 0 Å². The molecule has 1 saturated heterocycles. The van der Waals surface area contributed by atoms with Gasteiger partial charge < -0.3 is 0 Å². The van der Waals surface area contributed by atoms with Crippen LogP contribution < -0.4 is 0 Å². The van der Waals surface area contributed by atoms with E-state index in [9.17, 15) is 12.8 Å². The van der Waals surface area contributed by atoms with Crippen LogP contribution in [0.25, 0.3) is 0 Å². The van der Waals surface area contributed by atoms with Gasteiger partial charge in [0.25, 0.3) is 0 Å². The fraction of sp³-hybridized carbons (Fsp3) is 0.400. The predicted molar refractivity (Wildman–Crippen MR) is 98.1 cm³/mol. The molecule has 0 bridgehead atoms. The number of nitrogens with zero attached hydrogens (tertiary/aromatic N) is 1. The Morgan fingerprint density at radius 2 is 1.64 bits per heavy atom. The Morgan fingerprint density at radius 1 is 0.960 bits per heavy atom. The van der Waals surface area contributed by atoms with Crippen LogP contribution in [0.2, 0.25) is 0 Å². The first kappa shape index (κ1) is 18.1. The van der Waals surface area contributed by atoms with Crippen molar-refractivity contribution in [3.05, 3.63) is 71.5 Å². The standard InChI is InChI=1S/C20H24FNO2S/c21-20-8-4-7-19(15-20)16-25(23,24)22-13-11-18(12-14-22)10-9-17-5-2-1-3-6-17/h1-8,15,18H,9-14,16H2. The Labute approximate surface area is 149 Å². The number of piperidine rings is 1. The zero-order valence-electron chi connectivity index (χ0n) is 14.3. The van der Waals surface area contributed by atoms with E-state index in [0.29, 0.717) is 24.6 Å². The molecule has 0 atom stereocenters. The third-order valence-electron chi connectivity index (χ3n) is 4.89. The molecule has 1 aliphatic rings. The molecule has 0 radical (unpaired) electrons. The van der Waals surface area contributed by atoms with Crippen molar-refractivity contribution in [3.63, 3.8) is 0 Å². The molecule has 1 heterocycles. The first-order valence-electron chi connectivity index (χ1n) is 8.79. The molecule has 2 aromatic rings. The van der Waals surface area contributed by atoms with E-state index in [1.807, 2.05) is 6.07 Å². The first-order valence-corrected chi connectivity index (χ1v) is 10.4. The fourth-order valence-corrected chi connectivity index (χ4v) is 4.97. The van der Waals surface area contributed by atoms with Crippen molar-refractivity contribution in [1.29, 1.82) is 0 Å². The number of aryl methyl sites for hydroxylation is 1. The Bertz CT molecular complexity index is 784. The predicted octanol–water partition coefficient (Wildman–Crippen LogP) is 4.00. The lowest BCUT2D eigenvalue weighted by Gasteiger charge is -2.31. The van der Waals surface area contributed by atoms with Crippen molar-refractivity contribution >= 4 is 10.0 Å². The largest absolute Gasteiger partial charge is 0.218 e. The van der Waals surface area contributed by atoms with Crippen LogP contribution >= 0.6 is 0 Å². The monoisotopic (exact) mass is 361 g/mol. The summed E-state index contributed by atoms with van der Waals surface area (Å²) in [6.07, 6.45) is 3.94. The molecule has 3 rings (SSSR count). The SMILES string of the molecule is O=S(=O)(Cc1cccc(F)c1)N1CCC(CCc2ccccc2)CC1. The van der Waals surface area contributed by atoms with Gasteiger partial charge in [-0.15, -0.1) is 0 Å². The van der Waals surface area contributed by atoms with Crippen molar-refractivity contribution in [2.75, 3.05) is 13.1 Å². The Morgan fingerprint density at radius 3 is 2.32 bits per heavy atom. The van der Waals surface area contributed by atoms with Gasteiger partial charge in [0.05, 0.1) is 5.75 Å². The molecule has 0 aromatic heterocycles. The van der Waals surface area contributed by atoms with Gasteiger partial charge in [-0.25, -0.2) is 17.1 Å². The van der Waals surface area contributed by atoms with Crippen LogP contribution in [0, 0.1) is 11.7 Å². The van der Waals surface area contributed by atoms with Crippen LogP contribution in [0.3, 0.4) is 0 Å².